The van der Waals surface area contributed by atoms with E-state index in [-0.39, 0.29) is 41.5 Å². The largest absolute Gasteiger partial charge is 0.508 e. The fourth-order valence-electron chi connectivity index (χ4n) is 7.64. The number of anilines is 1. The lowest BCUT2D eigenvalue weighted by atomic mass is 9.95. The Hall–Kier alpha value is -3.60. The number of fused-ring (bicyclic) bond motifs is 5. The molecule has 4 atom stereocenters. The summed E-state index contributed by atoms with van der Waals surface area (Å²) in [7, 11) is 0. The zero-order valence-electron chi connectivity index (χ0n) is 23.2. The van der Waals surface area contributed by atoms with Crippen LogP contribution >= 0.6 is 0 Å². The Morgan fingerprint density at radius 2 is 1.88 bits per heavy atom. The maximum atomic E-state index is 16.7. The zero-order valence-corrected chi connectivity index (χ0v) is 23.2. The fraction of sp³-hybridized carbons (Fsp3) is 0.438. The molecule has 0 radical (unpaired) electrons. The topological polar surface area (TPSA) is 83.0 Å². The van der Waals surface area contributed by atoms with Gasteiger partial charge >= 0.3 is 6.01 Å². The Morgan fingerprint density at radius 1 is 1.05 bits per heavy atom. The summed E-state index contributed by atoms with van der Waals surface area (Å²) >= 11 is 0. The SMILES string of the molecule is Oc1cc(-c2ccc3c(N4[C@@H]5CNC[C@H]4COC5)nc(OC[C@@]45CCCN4C[C@H](F)C5)nc3c2F)c2ccccc2c1. The quantitative estimate of drug-likeness (QED) is 0.363. The fourth-order valence-corrected chi connectivity index (χ4v) is 7.64. The minimum absolute atomic E-state index is 0.0345. The van der Waals surface area contributed by atoms with Crippen LogP contribution in [0.25, 0.3) is 32.8 Å². The molecule has 42 heavy (non-hydrogen) atoms. The summed E-state index contributed by atoms with van der Waals surface area (Å²) in [6.45, 7) is 4.07. The number of hydrogen-bond donors (Lipinski definition) is 2. The van der Waals surface area contributed by atoms with Crippen molar-refractivity contribution in [1.29, 1.82) is 0 Å². The predicted octanol–water partition coefficient (Wildman–Crippen LogP) is 4.43. The molecule has 0 saturated carbocycles. The second-order valence-corrected chi connectivity index (χ2v) is 12.1. The lowest BCUT2D eigenvalue weighted by Gasteiger charge is -2.47. The molecule has 1 aromatic heterocycles. The van der Waals surface area contributed by atoms with Gasteiger partial charge < -0.3 is 24.8 Å². The van der Waals surface area contributed by atoms with Gasteiger partial charge in [-0.25, -0.2) is 8.78 Å². The average molecular weight is 574 g/mol. The first-order valence-corrected chi connectivity index (χ1v) is 14.8. The van der Waals surface area contributed by atoms with Crippen molar-refractivity contribution >= 4 is 27.5 Å². The molecular formula is C32H33F2N5O3. The number of phenolic OH excluding ortho intramolecular Hbond substituents is 1. The van der Waals surface area contributed by atoms with E-state index in [0.29, 0.717) is 48.5 Å². The molecule has 2 N–H and O–H groups in total. The summed E-state index contributed by atoms with van der Waals surface area (Å²) in [5.41, 5.74) is 0.706. The molecule has 4 fully saturated rings. The van der Waals surface area contributed by atoms with Crippen molar-refractivity contribution in [2.45, 2.75) is 43.1 Å². The molecular weight excluding hydrogens is 540 g/mol. The van der Waals surface area contributed by atoms with Gasteiger partial charge in [-0.2, -0.15) is 9.97 Å². The first kappa shape index (κ1) is 26.1. The number of aromatic hydroxyl groups is 1. The van der Waals surface area contributed by atoms with Gasteiger partial charge in [0, 0.05) is 37.0 Å². The number of nitrogens with one attached hydrogen (secondary N) is 1. The van der Waals surface area contributed by atoms with E-state index < -0.39 is 12.0 Å². The lowest BCUT2D eigenvalue weighted by molar-refractivity contribution is 0.0522. The van der Waals surface area contributed by atoms with Crippen LogP contribution in [0.1, 0.15) is 19.3 Å². The van der Waals surface area contributed by atoms with Crippen molar-refractivity contribution in [3.63, 3.8) is 0 Å². The number of aromatic nitrogens is 2. The molecule has 4 aliphatic rings. The minimum Gasteiger partial charge on any atom is -0.508 e. The highest BCUT2D eigenvalue weighted by Crippen LogP contribution is 2.42. The smallest absolute Gasteiger partial charge is 0.319 e. The van der Waals surface area contributed by atoms with E-state index in [1.54, 1.807) is 18.2 Å². The number of alkyl halides is 1. The Labute approximate surface area is 242 Å². The van der Waals surface area contributed by atoms with Crippen molar-refractivity contribution < 1.29 is 23.4 Å². The number of rotatable bonds is 5. The summed E-state index contributed by atoms with van der Waals surface area (Å²) in [5, 5.41) is 16.2. The second-order valence-electron chi connectivity index (χ2n) is 12.1. The van der Waals surface area contributed by atoms with E-state index in [1.165, 1.54) is 0 Å². The molecule has 0 aliphatic carbocycles. The van der Waals surface area contributed by atoms with Gasteiger partial charge in [0.1, 0.15) is 29.9 Å². The van der Waals surface area contributed by atoms with Crippen LogP contribution in [0.3, 0.4) is 0 Å². The third kappa shape index (κ3) is 4.19. The third-order valence-electron chi connectivity index (χ3n) is 9.55. The standard InChI is InChI=1S/C32H33F2N5O3/c33-20-12-32(8-3-9-38(32)15-20)18-42-31-36-29-26(30(37-31)39-21-13-35-14-22(39)17-41-16-21)7-6-25(28(29)34)27-11-23(40)10-19-4-1-2-5-24(19)27/h1-2,4-7,10-11,20-22,35,40H,3,8-9,12-18H2/t20-,21-,22+,32+/m1/s1. The van der Waals surface area contributed by atoms with Crippen molar-refractivity contribution in [1.82, 2.24) is 20.2 Å². The maximum Gasteiger partial charge on any atom is 0.319 e. The molecule has 0 spiro atoms. The molecule has 2 bridgehead atoms. The van der Waals surface area contributed by atoms with Crippen LogP contribution in [0.4, 0.5) is 14.6 Å². The van der Waals surface area contributed by atoms with Gasteiger partial charge in [-0.15, -0.1) is 0 Å². The minimum atomic E-state index is -0.876. The molecule has 5 heterocycles. The Balaban J connectivity index is 1.27. The van der Waals surface area contributed by atoms with Gasteiger partial charge in [0.25, 0.3) is 0 Å². The van der Waals surface area contributed by atoms with Crippen LogP contribution in [0.15, 0.2) is 48.5 Å². The molecule has 8 rings (SSSR count). The van der Waals surface area contributed by atoms with E-state index in [4.69, 9.17) is 14.5 Å². The molecule has 4 saturated heterocycles. The maximum absolute atomic E-state index is 16.7. The second kappa shape index (κ2) is 10.00. The monoisotopic (exact) mass is 573 g/mol. The van der Waals surface area contributed by atoms with Crippen LogP contribution in [-0.4, -0.2) is 89.8 Å². The number of phenols is 1. The van der Waals surface area contributed by atoms with Crippen molar-refractivity contribution in [3.8, 4) is 22.9 Å². The summed E-state index contributed by atoms with van der Waals surface area (Å²) in [5.74, 6) is 0.183. The van der Waals surface area contributed by atoms with Crippen molar-refractivity contribution in [2.75, 3.05) is 50.9 Å². The molecule has 218 valence electrons. The predicted molar refractivity (Wildman–Crippen MR) is 156 cm³/mol. The highest BCUT2D eigenvalue weighted by atomic mass is 19.1. The third-order valence-corrected chi connectivity index (χ3v) is 9.55. The normalized spacial score (nSPS) is 27.6. The molecule has 0 amide bonds. The van der Waals surface area contributed by atoms with Gasteiger partial charge in [0.2, 0.25) is 0 Å². The molecule has 8 nitrogen and oxygen atoms in total. The number of nitrogens with zero attached hydrogens (tertiary/aromatic N) is 4. The zero-order chi connectivity index (χ0) is 28.4. The number of piperazine rings is 1. The molecule has 4 aliphatic heterocycles. The average Bonchev–Trinajstić information content (AvgIpc) is 3.51. The lowest BCUT2D eigenvalue weighted by Crippen LogP contribution is -2.64. The number of halogens is 2. The van der Waals surface area contributed by atoms with E-state index in [1.807, 2.05) is 30.3 Å². The van der Waals surface area contributed by atoms with Crippen LogP contribution in [0.5, 0.6) is 11.8 Å². The molecule has 3 aromatic carbocycles. The van der Waals surface area contributed by atoms with Crippen LogP contribution in [0.2, 0.25) is 0 Å². The van der Waals surface area contributed by atoms with E-state index in [2.05, 4.69) is 20.1 Å². The summed E-state index contributed by atoms with van der Waals surface area (Å²) in [6, 6.07) is 14.6. The first-order chi connectivity index (χ1) is 20.5. The number of benzene rings is 3. The highest BCUT2D eigenvalue weighted by Gasteiger charge is 2.49. The number of morpholine rings is 1. The Bertz CT molecular complexity index is 1670. The van der Waals surface area contributed by atoms with Gasteiger partial charge in [0.15, 0.2) is 5.82 Å². The van der Waals surface area contributed by atoms with Gasteiger partial charge in [-0.1, -0.05) is 30.3 Å². The van der Waals surface area contributed by atoms with Gasteiger partial charge in [-0.05, 0) is 53.9 Å². The summed E-state index contributed by atoms with van der Waals surface area (Å²) < 4.78 is 43.3. The van der Waals surface area contributed by atoms with Gasteiger partial charge in [0.05, 0.1) is 30.8 Å². The highest BCUT2D eigenvalue weighted by molar-refractivity contribution is 6.01. The van der Waals surface area contributed by atoms with E-state index in [0.717, 1.165) is 43.2 Å². The number of ether oxygens (including phenoxy) is 2. The van der Waals surface area contributed by atoms with Crippen LogP contribution in [-0.2, 0) is 4.74 Å². The van der Waals surface area contributed by atoms with E-state index in [9.17, 15) is 9.50 Å². The van der Waals surface area contributed by atoms with Crippen molar-refractivity contribution in [2.24, 2.45) is 0 Å². The Morgan fingerprint density at radius 3 is 2.74 bits per heavy atom. The number of hydrogen-bond acceptors (Lipinski definition) is 8. The first-order valence-electron chi connectivity index (χ1n) is 14.8. The molecule has 10 heteroatoms. The van der Waals surface area contributed by atoms with Crippen LogP contribution in [0, 0.1) is 5.82 Å². The van der Waals surface area contributed by atoms with Crippen molar-refractivity contribution in [3.05, 3.63) is 54.3 Å². The summed E-state index contributed by atoms with van der Waals surface area (Å²) in [6.07, 6.45) is 1.41. The van der Waals surface area contributed by atoms with Crippen LogP contribution < -0.4 is 15.0 Å². The molecule has 4 aromatic rings. The van der Waals surface area contributed by atoms with Gasteiger partial charge in [-0.3, -0.25) is 4.90 Å². The Kier molecular flexibility index (Phi) is 6.20. The summed E-state index contributed by atoms with van der Waals surface area (Å²) in [4.78, 5) is 14.0. The van der Waals surface area contributed by atoms with E-state index >= 15 is 4.39 Å². The molecule has 0 unspecified atom stereocenters.